The number of ether oxygens (including phenoxy) is 3. The normalized spacial score (nSPS) is 9.75. The van der Waals surface area contributed by atoms with Gasteiger partial charge in [-0.15, -0.1) is 0 Å². The average Bonchev–Trinajstić information content (AvgIpc) is 2.10. The molecule has 0 heterocycles. The lowest BCUT2D eigenvalue weighted by Gasteiger charge is -2.04. The number of hydrogen-bond donors (Lipinski definition) is 1. The molecule has 0 unspecified atom stereocenters. The molecule has 0 radical (unpaired) electrons. The summed E-state index contributed by atoms with van der Waals surface area (Å²) in [6, 6.07) is 0. The molecule has 0 aromatic heterocycles. The van der Waals surface area contributed by atoms with Gasteiger partial charge < -0.3 is 19.2 Å². The Bertz CT molecular complexity index is 122. The van der Waals surface area contributed by atoms with E-state index in [0.29, 0.717) is 30.2 Å². The van der Waals surface area contributed by atoms with Gasteiger partial charge in [-0.1, -0.05) is 0 Å². The zero-order valence-corrected chi connectivity index (χ0v) is 9.46. The van der Waals surface area contributed by atoms with Gasteiger partial charge in [-0.3, -0.25) is 0 Å². The Morgan fingerprint density at radius 3 is 2.58 bits per heavy atom. The summed E-state index contributed by atoms with van der Waals surface area (Å²) in [7, 11) is 2.21. The minimum Gasteiger partial charge on any atom is -0.448 e. The molecule has 0 aromatic carbocycles. The van der Waals surface area contributed by atoms with Crippen molar-refractivity contribution in [3.63, 3.8) is 0 Å². The van der Waals surface area contributed by atoms with Gasteiger partial charge in [0.2, 0.25) is 0 Å². The van der Waals surface area contributed by atoms with E-state index in [2.05, 4.69) is 4.98 Å². The number of carbonyl (C=O) groups is 1. The van der Waals surface area contributed by atoms with Gasteiger partial charge in [-0.05, 0) is 0 Å². The van der Waals surface area contributed by atoms with Crippen LogP contribution in [0.1, 0.15) is 0 Å². The van der Waals surface area contributed by atoms with Crippen LogP contribution in [-0.2, 0) is 14.2 Å². The monoisotopic (exact) mass is 193 g/mol. The Balaban J connectivity index is 2.95. The molecule has 0 atom stereocenters. The Labute approximate surface area is 74.9 Å². The smallest absolute Gasteiger partial charge is 0.398 e. The van der Waals surface area contributed by atoms with Crippen molar-refractivity contribution in [2.45, 2.75) is 0 Å². The summed E-state index contributed by atoms with van der Waals surface area (Å²) in [5.41, 5.74) is 0. The summed E-state index contributed by atoms with van der Waals surface area (Å²) in [5, 5.41) is 0. The minimum atomic E-state index is -0.378. The van der Waals surface area contributed by atoms with Crippen LogP contribution in [0.15, 0.2) is 0 Å². The predicted molar refractivity (Wildman–Crippen MR) is 47.1 cm³/mol. The molecule has 0 rings (SSSR count). The molecule has 0 spiro atoms. The highest BCUT2D eigenvalue weighted by Gasteiger charge is 1.95. The molecule has 1 amide bonds. The maximum absolute atomic E-state index is 10.5. The van der Waals surface area contributed by atoms with Crippen LogP contribution < -0.4 is 4.98 Å². The van der Waals surface area contributed by atoms with E-state index < -0.39 is 0 Å². The standard InChI is InChI=1S/C6H15NO4Si/c1-9-2-3-10-4-5-11-6(8)7-12/h2-5H2,1,12H3,(H,7,8). The first-order chi connectivity index (χ1) is 5.81. The third kappa shape index (κ3) is 7.51. The zero-order valence-electron chi connectivity index (χ0n) is 7.46. The second-order valence-electron chi connectivity index (χ2n) is 1.99. The van der Waals surface area contributed by atoms with E-state index in [1.165, 1.54) is 0 Å². The first kappa shape index (κ1) is 11.4. The SMILES string of the molecule is COCCOCCOC(=O)N[SiH3]. The van der Waals surface area contributed by atoms with E-state index in [1.807, 2.05) is 0 Å². The maximum atomic E-state index is 10.5. The van der Waals surface area contributed by atoms with E-state index in [1.54, 1.807) is 7.11 Å². The van der Waals surface area contributed by atoms with Gasteiger partial charge in [-0.2, -0.15) is 0 Å². The second kappa shape index (κ2) is 8.50. The van der Waals surface area contributed by atoms with Crippen molar-refractivity contribution in [1.29, 1.82) is 0 Å². The van der Waals surface area contributed by atoms with E-state index >= 15 is 0 Å². The highest BCUT2D eigenvalue weighted by atomic mass is 28.2. The van der Waals surface area contributed by atoms with Crippen LogP contribution in [0.3, 0.4) is 0 Å². The summed E-state index contributed by atoms with van der Waals surface area (Å²) < 4.78 is 14.5. The molecule has 72 valence electrons. The molecule has 12 heavy (non-hydrogen) atoms. The van der Waals surface area contributed by atoms with Crippen molar-refractivity contribution in [2.24, 2.45) is 0 Å². The lowest BCUT2D eigenvalue weighted by molar-refractivity contribution is 0.0432. The lowest BCUT2D eigenvalue weighted by atomic mass is 10.7. The van der Waals surface area contributed by atoms with Crippen molar-refractivity contribution in [3.05, 3.63) is 0 Å². The van der Waals surface area contributed by atoms with E-state index in [-0.39, 0.29) is 12.7 Å². The summed E-state index contributed by atoms with van der Waals surface area (Å²) in [6.07, 6.45) is -0.378. The number of rotatable bonds is 6. The fraction of sp³-hybridized carbons (Fsp3) is 0.833. The van der Waals surface area contributed by atoms with Gasteiger partial charge in [0.25, 0.3) is 0 Å². The lowest BCUT2D eigenvalue weighted by Crippen LogP contribution is -2.22. The van der Waals surface area contributed by atoms with Gasteiger partial charge in [0.1, 0.15) is 17.0 Å². The van der Waals surface area contributed by atoms with Crippen molar-refractivity contribution in [3.8, 4) is 0 Å². The zero-order chi connectivity index (χ0) is 9.23. The summed E-state index contributed by atoms with van der Waals surface area (Å²) in [6.45, 7) is 1.80. The summed E-state index contributed by atoms with van der Waals surface area (Å²) in [4.78, 5) is 13.0. The third-order valence-corrected chi connectivity index (χ3v) is 1.50. The third-order valence-electron chi connectivity index (χ3n) is 1.10. The maximum Gasteiger partial charge on any atom is 0.398 e. The first-order valence-electron chi connectivity index (χ1n) is 3.72. The average molecular weight is 193 g/mol. The van der Waals surface area contributed by atoms with Gasteiger partial charge in [-0.25, -0.2) is 4.79 Å². The number of carbonyl (C=O) groups excluding carboxylic acids is 1. The van der Waals surface area contributed by atoms with Crippen molar-refractivity contribution < 1.29 is 19.0 Å². The van der Waals surface area contributed by atoms with Crippen LogP contribution in [-0.4, -0.2) is 50.0 Å². The van der Waals surface area contributed by atoms with Gasteiger partial charge in [0.15, 0.2) is 0 Å². The van der Waals surface area contributed by atoms with Crippen LogP contribution in [0.4, 0.5) is 4.79 Å². The highest BCUT2D eigenvalue weighted by molar-refractivity contribution is 6.12. The van der Waals surface area contributed by atoms with Crippen LogP contribution in [0.25, 0.3) is 0 Å². The number of nitrogens with one attached hydrogen (secondary N) is 1. The Hall–Kier alpha value is -0.593. The number of hydrogen-bond acceptors (Lipinski definition) is 4. The van der Waals surface area contributed by atoms with Crippen LogP contribution in [0.5, 0.6) is 0 Å². The largest absolute Gasteiger partial charge is 0.448 e. The molecule has 6 heteroatoms. The van der Waals surface area contributed by atoms with Gasteiger partial charge in [0.05, 0.1) is 19.8 Å². The van der Waals surface area contributed by atoms with E-state index in [9.17, 15) is 4.79 Å². The quantitative estimate of drug-likeness (QED) is 0.419. The molecule has 1 N–H and O–H groups in total. The Morgan fingerprint density at radius 1 is 1.33 bits per heavy atom. The molecule has 5 nitrogen and oxygen atoms in total. The topological polar surface area (TPSA) is 56.8 Å². The van der Waals surface area contributed by atoms with Crippen molar-refractivity contribution in [2.75, 3.05) is 33.5 Å². The predicted octanol–water partition coefficient (Wildman–Crippen LogP) is -1.34. The summed E-state index contributed by atoms with van der Waals surface area (Å²) >= 11 is 0. The van der Waals surface area contributed by atoms with Gasteiger partial charge in [0, 0.05) is 7.11 Å². The molecule has 0 aliphatic rings. The molecule has 0 aliphatic heterocycles. The molecule has 0 saturated carbocycles. The fourth-order valence-electron chi connectivity index (χ4n) is 0.510. The molecule has 0 saturated heterocycles. The summed E-state index contributed by atoms with van der Waals surface area (Å²) in [5.74, 6) is 0. The fourth-order valence-corrected chi connectivity index (χ4v) is 0.654. The second-order valence-corrected chi connectivity index (χ2v) is 2.49. The minimum absolute atomic E-state index is 0.289. The van der Waals surface area contributed by atoms with Crippen molar-refractivity contribution in [1.82, 2.24) is 4.98 Å². The van der Waals surface area contributed by atoms with E-state index in [4.69, 9.17) is 14.2 Å². The Morgan fingerprint density at radius 2 is 2.00 bits per heavy atom. The van der Waals surface area contributed by atoms with E-state index in [0.717, 1.165) is 0 Å². The molecule has 0 fully saturated rings. The van der Waals surface area contributed by atoms with Crippen molar-refractivity contribution >= 4 is 16.5 Å². The first-order valence-corrected chi connectivity index (χ1v) is 4.72. The molecular formula is C6H15NO4Si. The number of methoxy groups -OCH3 is 1. The van der Waals surface area contributed by atoms with Crippen LogP contribution in [0.2, 0.25) is 0 Å². The molecule has 0 aliphatic carbocycles. The highest BCUT2D eigenvalue weighted by Crippen LogP contribution is 1.79. The van der Waals surface area contributed by atoms with Crippen LogP contribution in [0, 0.1) is 0 Å². The number of amides is 1. The van der Waals surface area contributed by atoms with Gasteiger partial charge >= 0.3 is 6.09 Å². The molecule has 0 aromatic rings. The van der Waals surface area contributed by atoms with Crippen LogP contribution >= 0.6 is 0 Å². The Kier molecular flexibility index (Phi) is 8.08. The molecular weight excluding hydrogens is 178 g/mol. The molecule has 0 bridgehead atoms.